The van der Waals surface area contributed by atoms with E-state index in [-0.39, 0.29) is 11.4 Å². The van der Waals surface area contributed by atoms with Crippen LogP contribution in [-0.4, -0.2) is 41.5 Å². The predicted molar refractivity (Wildman–Crippen MR) is 63.1 cm³/mol. The van der Waals surface area contributed by atoms with E-state index in [2.05, 4.69) is 15.3 Å². The molecular formula is C10H12N6O3. The normalized spacial score (nSPS) is 12.3. The molecule has 2 aromatic heterocycles. The Bertz CT molecular complexity index is 643. The maximum atomic E-state index is 11.2. The van der Waals surface area contributed by atoms with Crippen LogP contribution in [0.1, 0.15) is 23.5 Å². The molecule has 0 fully saturated rings. The number of carbonyl (C=O) groups is 2. The van der Waals surface area contributed by atoms with E-state index < -0.39 is 17.9 Å². The number of imidazole rings is 1. The number of hydrogen-bond donors (Lipinski definition) is 2. The molecule has 0 aliphatic carbocycles. The van der Waals surface area contributed by atoms with E-state index in [0.29, 0.717) is 5.69 Å². The van der Waals surface area contributed by atoms with Crippen molar-refractivity contribution in [1.29, 1.82) is 0 Å². The highest BCUT2D eigenvalue weighted by atomic mass is 16.4. The van der Waals surface area contributed by atoms with Gasteiger partial charge in [0, 0.05) is 7.05 Å². The first-order valence-corrected chi connectivity index (χ1v) is 5.38. The van der Waals surface area contributed by atoms with Gasteiger partial charge in [-0.1, -0.05) is 5.21 Å². The summed E-state index contributed by atoms with van der Waals surface area (Å²) in [6, 6.07) is -0.814. The first-order chi connectivity index (χ1) is 8.93. The van der Waals surface area contributed by atoms with E-state index in [4.69, 9.17) is 10.8 Å². The van der Waals surface area contributed by atoms with Crippen molar-refractivity contribution in [3.63, 3.8) is 0 Å². The number of carboxylic acids is 1. The van der Waals surface area contributed by atoms with E-state index in [1.807, 2.05) is 0 Å². The minimum absolute atomic E-state index is 0.193. The Morgan fingerprint density at radius 2 is 2.16 bits per heavy atom. The van der Waals surface area contributed by atoms with Crippen molar-refractivity contribution in [3.05, 3.63) is 18.2 Å². The molecule has 0 radical (unpaired) electrons. The van der Waals surface area contributed by atoms with Gasteiger partial charge in [0.2, 0.25) is 5.91 Å². The molecule has 0 bridgehead atoms. The average molecular weight is 264 g/mol. The summed E-state index contributed by atoms with van der Waals surface area (Å²) in [5.41, 5.74) is 5.64. The Hall–Kier alpha value is -2.71. The van der Waals surface area contributed by atoms with Gasteiger partial charge >= 0.3 is 5.97 Å². The van der Waals surface area contributed by atoms with Crippen molar-refractivity contribution in [1.82, 2.24) is 24.5 Å². The van der Waals surface area contributed by atoms with Crippen LogP contribution >= 0.6 is 0 Å². The summed E-state index contributed by atoms with van der Waals surface area (Å²) >= 11 is 0. The van der Waals surface area contributed by atoms with Crippen LogP contribution in [0.4, 0.5) is 0 Å². The van der Waals surface area contributed by atoms with Gasteiger partial charge in [-0.25, -0.2) is 14.5 Å². The zero-order valence-corrected chi connectivity index (χ0v) is 10.3. The first-order valence-electron chi connectivity index (χ1n) is 5.38. The number of aryl methyl sites for hydroxylation is 1. The Labute approximate surface area is 107 Å². The fourth-order valence-electron chi connectivity index (χ4n) is 1.65. The smallest absolute Gasteiger partial charge is 0.358 e. The number of aromatic nitrogens is 5. The van der Waals surface area contributed by atoms with E-state index in [1.165, 1.54) is 24.1 Å². The lowest BCUT2D eigenvalue weighted by Crippen LogP contribution is -2.25. The number of nitrogens with two attached hydrogens (primary N) is 1. The third kappa shape index (κ3) is 2.05. The highest BCUT2D eigenvalue weighted by molar-refractivity contribution is 5.92. The molecule has 0 saturated carbocycles. The molecule has 3 N–H and O–H groups in total. The van der Waals surface area contributed by atoms with E-state index in [1.54, 1.807) is 11.6 Å². The van der Waals surface area contributed by atoms with Gasteiger partial charge in [0.15, 0.2) is 5.69 Å². The van der Waals surface area contributed by atoms with Gasteiger partial charge in [-0.2, -0.15) is 0 Å². The highest BCUT2D eigenvalue weighted by Crippen LogP contribution is 2.24. The lowest BCUT2D eigenvalue weighted by atomic mass is 10.2. The molecule has 0 aliphatic heterocycles. The van der Waals surface area contributed by atoms with Crippen LogP contribution in [0.25, 0.3) is 11.4 Å². The van der Waals surface area contributed by atoms with Crippen molar-refractivity contribution in [3.8, 4) is 11.4 Å². The van der Waals surface area contributed by atoms with Gasteiger partial charge in [-0.05, 0) is 6.92 Å². The van der Waals surface area contributed by atoms with Crippen LogP contribution in [0.2, 0.25) is 0 Å². The third-order valence-corrected chi connectivity index (χ3v) is 2.73. The summed E-state index contributed by atoms with van der Waals surface area (Å²) in [5.74, 6) is -1.87. The van der Waals surface area contributed by atoms with Crippen LogP contribution in [0, 0.1) is 0 Å². The fourth-order valence-corrected chi connectivity index (χ4v) is 1.65. The van der Waals surface area contributed by atoms with E-state index >= 15 is 0 Å². The Kier molecular flexibility index (Phi) is 3.03. The van der Waals surface area contributed by atoms with Gasteiger partial charge in [0.05, 0.1) is 18.2 Å². The summed E-state index contributed by atoms with van der Waals surface area (Å²) in [4.78, 5) is 26.3. The molecular weight excluding hydrogens is 252 g/mol. The summed E-state index contributed by atoms with van der Waals surface area (Å²) in [6.07, 6.45) is 2.97. The SMILES string of the molecule is CC(C(N)=O)n1nnc(C(=O)O)c1-c1cncn1C. The predicted octanol–water partition coefficient (Wildman–Crippen LogP) is -0.577. The molecule has 2 aromatic rings. The Morgan fingerprint density at radius 1 is 1.47 bits per heavy atom. The number of carboxylic acid groups (broad SMARTS) is 1. The molecule has 0 spiro atoms. The molecule has 2 rings (SSSR count). The number of primary amides is 1. The molecule has 0 aromatic carbocycles. The summed E-state index contributed by atoms with van der Waals surface area (Å²) in [5, 5.41) is 16.4. The second kappa shape index (κ2) is 4.52. The second-order valence-electron chi connectivity index (χ2n) is 4.00. The summed E-state index contributed by atoms with van der Waals surface area (Å²) in [6.45, 7) is 1.52. The molecule has 1 amide bonds. The number of rotatable bonds is 4. The molecule has 9 heteroatoms. The van der Waals surface area contributed by atoms with Crippen molar-refractivity contribution in [2.45, 2.75) is 13.0 Å². The van der Waals surface area contributed by atoms with Crippen LogP contribution in [-0.2, 0) is 11.8 Å². The Balaban J connectivity index is 2.68. The van der Waals surface area contributed by atoms with Crippen LogP contribution in [0.5, 0.6) is 0 Å². The molecule has 19 heavy (non-hydrogen) atoms. The second-order valence-corrected chi connectivity index (χ2v) is 4.00. The van der Waals surface area contributed by atoms with Gasteiger partial charge in [-0.15, -0.1) is 5.10 Å². The molecule has 0 saturated heterocycles. The largest absolute Gasteiger partial charge is 0.476 e. The van der Waals surface area contributed by atoms with Crippen molar-refractivity contribution >= 4 is 11.9 Å². The molecule has 1 unspecified atom stereocenters. The van der Waals surface area contributed by atoms with E-state index in [0.717, 1.165) is 0 Å². The first kappa shape index (κ1) is 12.7. The molecule has 100 valence electrons. The van der Waals surface area contributed by atoms with E-state index in [9.17, 15) is 9.59 Å². The van der Waals surface area contributed by atoms with Gasteiger partial charge in [0.1, 0.15) is 11.7 Å². The van der Waals surface area contributed by atoms with Crippen LogP contribution in [0.3, 0.4) is 0 Å². The minimum atomic E-state index is -1.24. The monoisotopic (exact) mass is 264 g/mol. The van der Waals surface area contributed by atoms with Crippen molar-refractivity contribution in [2.24, 2.45) is 12.8 Å². The number of hydrogen-bond acceptors (Lipinski definition) is 5. The molecule has 0 aliphatic rings. The maximum absolute atomic E-state index is 11.2. The van der Waals surface area contributed by atoms with Gasteiger partial charge in [0.25, 0.3) is 0 Å². The van der Waals surface area contributed by atoms with Crippen LogP contribution < -0.4 is 5.73 Å². The topological polar surface area (TPSA) is 129 Å². The highest BCUT2D eigenvalue weighted by Gasteiger charge is 2.26. The minimum Gasteiger partial charge on any atom is -0.476 e. The van der Waals surface area contributed by atoms with Crippen LogP contribution in [0.15, 0.2) is 12.5 Å². The molecule has 1 atom stereocenters. The number of carbonyl (C=O) groups excluding carboxylic acids is 1. The number of amides is 1. The maximum Gasteiger partial charge on any atom is 0.358 e. The average Bonchev–Trinajstić information content (AvgIpc) is 2.92. The standard InChI is InChI=1S/C10H12N6O3/c1-5(9(11)17)16-8(6-3-12-4-15(6)2)7(10(18)19)13-14-16/h3-5H,1-2H3,(H2,11,17)(H,18,19). The molecule has 9 nitrogen and oxygen atoms in total. The van der Waals surface area contributed by atoms with Crippen molar-refractivity contribution in [2.75, 3.05) is 0 Å². The zero-order valence-electron chi connectivity index (χ0n) is 10.3. The molecule has 2 heterocycles. The van der Waals surface area contributed by atoms with Gasteiger partial charge in [-0.3, -0.25) is 4.79 Å². The number of nitrogens with zero attached hydrogens (tertiary/aromatic N) is 5. The fraction of sp³-hybridized carbons (Fsp3) is 0.300. The lowest BCUT2D eigenvalue weighted by Gasteiger charge is -2.11. The van der Waals surface area contributed by atoms with Crippen molar-refractivity contribution < 1.29 is 14.7 Å². The van der Waals surface area contributed by atoms with Gasteiger partial charge < -0.3 is 15.4 Å². The quantitative estimate of drug-likeness (QED) is 0.760. The zero-order chi connectivity index (χ0) is 14.2. The summed E-state index contributed by atoms with van der Waals surface area (Å²) in [7, 11) is 1.69. The Morgan fingerprint density at radius 3 is 2.63 bits per heavy atom. The summed E-state index contributed by atoms with van der Waals surface area (Å²) < 4.78 is 2.79. The number of aromatic carboxylic acids is 1. The third-order valence-electron chi connectivity index (χ3n) is 2.73. The lowest BCUT2D eigenvalue weighted by molar-refractivity contribution is -0.120.